The predicted molar refractivity (Wildman–Crippen MR) is 69.3 cm³/mol. The van der Waals surface area contributed by atoms with Gasteiger partial charge in [-0.25, -0.2) is 14.5 Å². The van der Waals surface area contributed by atoms with Gasteiger partial charge in [-0.1, -0.05) is 0 Å². The molecule has 1 amide bonds. The molecule has 20 heavy (non-hydrogen) atoms. The lowest BCUT2D eigenvalue weighted by Gasteiger charge is -1.99. The minimum atomic E-state index is -0.521. The van der Waals surface area contributed by atoms with Gasteiger partial charge in [-0.2, -0.15) is 14.6 Å². The third-order valence-corrected chi connectivity index (χ3v) is 2.58. The van der Waals surface area contributed by atoms with E-state index in [1.54, 1.807) is 6.92 Å². The average Bonchev–Trinajstić information content (AvgIpc) is 2.80. The summed E-state index contributed by atoms with van der Waals surface area (Å²) in [7, 11) is 0. The Balaban J connectivity index is 2.00. The maximum Gasteiger partial charge on any atom is 0.271 e. The van der Waals surface area contributed by atoms with Gasteiger partial charge in [0.2, 0.25) is 5.95 Å². The lowest BCUT2D eigenvalue weighted by molar-refractivity contribution is 0.0955. The molecule has 0 aliphatic rings. The van der Waals surface area contributed by atoms with Crippen molar-refractivity contribution >= 4 is 12.1 Å². The van der Waals surface area contributed by atoms with Crippen LogP contribution in [0.3, 0.4) is 0 Å². The van der Waals surface area contributed by atoms with E-state index in [1.807, 2.05) is 0 Å². The van der Waals surface area contributed by atoms with Crippen LogP contribution >= 0.6 is 0 Å². The number of hydrogen-bond donors (Lipinski definition) is 1. The molecule has 7 heteroatoms. The Morgan fingerprint density at radius 2 is 2.10 bits per heavy atom. The zero-order valence-corrected chi connectivity index (χ0v) is 10.7. The Kier molecular flexibility index (Phi) is 4.19. The first kappa shape index (κ1) is 13.9. The lowest BCUT2D eigenvalue weighted by atomic mass is 10.2. The number of carbonyl (C=O) groups is 1. The molecule has 1 aromatic carbocycles. The van der Waals surface area contributed by atoms with E-state index in [1.165, 1.54) is 35.1 Å². The summed E-state index contributed by atoms with van der Waals surface area (Å²) in [5, 5.41) is 7.43. The molecule has 0 atom stereocenters. The van der Waals surface area contributed by atoms with Crippen LogP contribution in [0.1, 0.15) is 22.8 Å². The summed E-state index contributed by atoms with van der Waals surface area (Å²) in [6.07, 6.45) is 2.47. The predicted octanol–water partition coefficient (Wildman–Crippen LogP) is 1.95. The largest absolute Gasteiger partial charge is 0.271 e. The van der Waals surface area contributed by atoms with Crippen molar-refractivity contribution in [3.8, 4) is 0 Å². The first-order valence-corrected chi connectivity index (χ1v) is 5.92. The quantitative estimate of drug-likeness (QED) is 0.686. The van der Waals surface area contributed by atoms with Gasteiger partial charge in [0, 0.05) is 12.1 Å². The Labute approximate surface area is 113 Å². The van der Waals surface area contributed by atoms with E-state index in [9.17, 15) is 13.6 Å². The highest BCUT2D eigenvalue weighted by atomic mass is 19.1. The molecule has 0 spiro atoms. The highest BCUT2D eigenvalue weighted by molar-refractivity contribution is 5.94. The minimum Gasteiger partial charge on any atom is -0.267 e. The van der Waals surface area contributed by atoms with Crippen LogP contribution in [0, 0.1) is 11.8 Å². The Morgan fingerprint density at radius 1 is 1.40 bits per heavy atom. The first-order chi connectivity index (χ1) is 9.61. The van der Waals surface area contributed by atoms with E-state index in [0.717, 1.165) is 6.21 Å². The van der Waals surface area contributed by atoms with Gasteiger partial charge in [-0.05, 0) is 31.2 Å². The molecule has 0 saturated carbocycles. The standard InChI is InChI=1S/C13H12F2N4O/c1-2-19-12(15)10(8-17-19)7-16-18-13(20)9-3-5-11(14)6-4-9/h3-8H,2H2,1H3,(H,18,20)/b16-7-. The van der Waals surface area contributed by atoms with Crippen molar-refractivity contribution in [3.05, 3.63) is 53.4 Å². The second kappa shape index (κ2) is 6.05. The third-order valence-electron chi connectivity index (χ3n) is 2.58. The highest BCUT2D eigenvalue weighted by Gasteiger charge is 2.07. The van der Waals surface area contributed by atoms with Crippen molar-refractivity contribution in [2.45, 2.75) is 13.5 Å². The number of hydrazone groups is 1. The van der Waals surface area contributed by atoms with Gasteiger partial charge in [0.15, 0.2) is 0 Å². The van der Waals surface area contributed by atoms with E-state index in [-0.39, 0.29) is 11.1 Å². The van der Waals surface area contributed by atoms with Gasteiger partial charge < -0.3 is 0 Å². The normalized spacial score (nSPS) is 10.9. The van der Waals surface area contributed by atoms with Crippen LogP contribution < -0.4 is 5.43 Å². The molecular formula is C13H12F2N4O. The summed E-state index contributed by atoms with van der Waals surface area (Å²) < 4.78 is 27.4. The number of nitrogens with zero attached hydrogens (tertiary/aromatic N) is 3. The fraction of sp³-hybridized carbons (Fsp3) is 0.154. The van der Waals surface area contributed by atoms with E-state index in [4.69, 9.17) is 0 Å². The summed E-state index contributed by atoms with van der Waals surface area (Å²) in [4.78, 5) is 11.6. The molecule has 0 radical (unpaired) electrons. The Hall–Kier alpha value is -2.57. The molecule has 1 heterocycles. The van der Waals surface area contributed by atoms with Crippen LogP contribution in [-0.2, 0) is 6.54 Å². The molecule has 0 fully saturated rings. The summed E-state index contributed by atoms with van der Waals surface area (Å²) in [5.74, 6) is -1.46. The molecule has 0 aliphatic carbocycles. The van der Waals surface area contributed by atoms with Gasteiger partial charge in [0.05, 0.1) is 18.0 Å². The van der Waals surface area contributed by atoms with Crippen LogP contribution in [-0.4, -0.2) is 21.9 Å². The number of rotatable bonds is 4. The van der Waals surface area contributed by atoms with E-state index in [0.29, 0.717) is 6.54 Å². The molecule has 2 aromatic rings. The van der Waals surface area contributed by atoms with Gasteiger partial charge in [0.25, 0.3) is 5.91 Å². The number of halogens is 2. The minimum absolute atomic E-state index is 0.172. The van der Waals surface area contributed by atoms with Crippen molar-refractivity contribution in [1.82, 2.24) is 15.2 Å². The van der Waals surface area contributed by atoms with E-state index < -0.39 is 17.7 Å². The molecular weight excluding hydrogens is 266 g/mol. The smallest absolute Gasteiger partial charge is 0.267 e. The van der Waals surface area contributed by atoms with Crippen molar-refractivity contribution < 1.29 is 13.6 Å². The fourth-order valence-corrected chi connectivity index (χ4v) is 1.52. The fourth-order valence-electron chi connectivity index (χ4n) is 1.52. The van der Waals surface area contributed by atoms with Crippen LogP contribution in [0.5, 0.6) is 0 Å². The zero-order valence-electron chi connectivity index (χ0n) is 10.7. The molecule has 0 saturated heterocycles. The number of hydrogen-bond acceptors (Lipinski definition) is 3. The second-order valence-corrected chi connectivity index (χ2v) is 3.91. The molecule has 5 nitrogen and oxygen atoms in total. The van der Waals surface area contributed by atoms with Crippen molar-refractivity contribution in [2.24, 2.45) is 5.10 Å². The van der Waals surface area contributed by atoms with Crippen LogP contribution in [0.15, 0.2) is 35.6 Å². The highest BCUT2D eigenvalue weighted by Crippen LogP contribution is 2.04. The summed E-state index contributed by atoms with van der Waals surface area (Å²) in [6.45, 7) is 2.16. The number of carbonyl (C=O) groups excluding carboxylic acids is 1. The number of benzene rings is 1. The van der Waals surface area contributed by atoms with Crippen LogP contribution in [0.4, 0.5) is 8.78 Å². The maximum absolute atomic E-state index is 13.6. The number of aryl methyl sites for hydroxylation is 1. The van der Waals surface area contributed by atoms with Gasteiger partial charge >= 0.3 is 0 Å². The van der Waals surface area contributed by atoms with Crippen LogP contribution in [0.2, 0.25) is 0 Å². The zero-order chi connectivity index (χ0) is 14.5. The van der Waals surface area contributed by atoms with Crippen molar-refractivity contribution in [2.75, 3.05) is 0 Å². The van der Waals surface area contributed by atoms with Gasteiger partial charge in [0.1, 0.15) is 5.82 Å². The Morgan fingerprint density at radius 3 is 2.70 bits per heavy atom. The molecule has 0 bridgehead atoms. The van der Waals surface area contributed by atoms with Gasteiger partial charge in [-0.3, -0.25) is 4.79 Å². The number of nitrogens with one attached hydrogen (secondary N) is 1. The topological polar surface area (TPSA) is 59.3 Å². The van der Waals surface area contributed by atoms with Crippen molar-refractivity contribution in [1.29, 1.82) is 0 Å². The van der Waals surface area contributed by atoms with Gasteiger partial charge in [-0.15, -0.1) is 0 Å². The third kappa shape index (κ3) is 3.05. The summed E-state index contributed by atoms with van der Waals surface area (Å²) in [5.41, 5.74) is 2.66. The second-order valence-electron chi connectivity index (χ2n) is 3.91. The summed E-state index contributed by atoms with van der Waals surface area (Å²) in [6, 6.07) is 5.00. The lowest BCUT2D eigenvalue weighted by Crippen LogP contribution is -2.17. The number of amides is 1. The number of aromatic nitrogens is 2. The molecule has 104 valence electrons. The molecule has 1 N–H and O–H groups in total. The van der Waals surface area contributed by atoms with Crippen molar-refractivity contribution in [3.63, 3.8) is 0 Å². The maximum atomic E-state index is 13.6. The average molecular weight is 278 g/mol. The molecule has 1 aromatic heterocycles. The molecule has 0 unspecified atom stereocenters. The summed E-state index contributed by atoms with van der Waals surface area (Å²) >= 11 is 0. The monoisotopic (exact) mass is 278 g/mol. The molecule has 2 rings (SSSR count). The SMILES string of the molecule is CCn1ncc(/C=N\NC(=O)c2ccc(F)cc2)c1F. The van der Waals surface area contributed by atoms with E-state index >= 15 is 0 Å². The molecule has 0 aliphatic heterocycles. The van der Waals surface area contributed by atoms with E-state index in [2.05, 4.69) is 15.6 Å². The van der Waals surface area contributed by atoms with Crippen LogP contribution in [0.25, 0.3) is 0 Å². The first-order valence-electron chi connectivity index (χ1n) is 5.92. The Bertz CT molecular complexity index is 634.